The van der Waals surface area contributed by atoms with Crippen LogP contribution in [0.3, 0.4) is 0 Å². The number of hydrazone groups is 1. The van der Waals surface area contributed by atoms with E-state index in [9.17, 15) is 13.2 Å². The number of nitrogens with zero attached hydrogens (tertiary/aromatic N) is 2. The van der Waals surface area contributed by atoms with Crippen LogP contribution in [-0.4, -0.2) is 57.9 Å². The fourth-order valence-electron chi connectivity index (χ4n) is 1.96. The Labute approximate surface area is 147 Å². The molecular formula is C16H23N3O5S. The molecule has 2 rings (SSSR count). The zero-order valence-corrected chi connectivity index (χ0v) is 15.6. The summed E-state index contributed by atoms with van der Waals surface area (Å²) in [6, 6.07) is 5.35. The Bertz CT molecular complexity index is 774. The average molecular weight is 369 g/mol. The van der Waals surface area contributed by atoms with Gasteiger partial charge in [0.2, 0.25) is 10.0 Å². The second kappa shape index (κ2) is 7.40. The van der Waals surface area contributed by atoms with Crippen LogP contribution < -0.4 is 14.9 Å². The van der Waals surface area contributed by atoms with Gasteiger partial charge in [-0.05, 0) is 23.8 Å². The molecule has 0 bridgehead atoms. The lowest BCUT2D eigenvalue weighted by Gasteiger charge is -2.19. The number of carbonyl (C=O) groups excluding carboxylic acids is 1. The first-order valence-electron chi connectivity index (χ1n) is 7.70. The predicted octanol–water partition coefficient (Wildman–Crippen LogP) is 0.825. The molecule has 138 valence electrons. The fourth-order valence-corrected chi connectivity index (χ4v) is 2.31. The van der Waals surface area contributed by atoms with Crippen LogP contribution in [-0.2, 0) is 14.8 Å². The number of hydrogen-bond acceptors (Lipinski definition) is 6. The largest absolute Gasteiger partial charge is 0.489 e. The van der Waals surface area contributed by atoms with Gasteiger partial charge in [0.15, 0.2) is 11.5 Å². The van der Waals surface area contributed by atoms with Crippen LogP contribution in [0, 0.1) is 5.41 Å². The summed E-state index contributed by atoms with van der Waals surface area (Å²) in [7, 11) is -2.08. The monoisotopic (exact) mass is 369 g/mol. The fraction of sp³-hybridized carbons (Fsp3) is 0.500. The molecule has 0 aliphatic carbocycles. The third-order valence-corrected chi connectivity index (χ3v) is 4.80. The van der Waals surface area contributed by atoms with Crippen LogP contribution in [0.2, 0.25) is 0 Å². The Morgan fingerprint density at radius 3 is 2.60 bits per heavy atom. The molecule has 1 aliphatic heterocycles. The maximum absolute atomic E-state index is 11.7. The molecule has 0 atom stereocenters. The number of fused-ring (bicyclic) bond motifs is 1. The second-order valence-corrected chi connectivity index (χ2v) is 8.85. The maximum atomic E-state index is 11.7. The Morgan fingerprint density at radius 2 is 1.96 bits per heavy atom. The van der Waals surface area contributed by atoms with Crippen molar-refractivity contribution in [3.8, 4) is 11.5 Å². The van der Waals surface area contributed by atoms with Crippen molar-refractivity contribution in [1.82, 2.24) is 9.73 Å². The van der Waals surface area contributed by atoms with E-state index in [1.54, 1.807) is 18.2 Å². The van der Waals surface area contributed by atoms with Gasteiger partial charge < -0.3 is 9.47 Å². The van der Waals surface area contributed by atoms with E-state index in [2.05, 4.69) is 24.4 Å². The highest BCUT2D eigenvalue weighted by atomic mass is 32.2. The molecular weight excluding hydrogens is 346 g/mol. The van der Waals surface area contributed by atoms with Gasteiger partial charge in [0.1, 0.15) is 0 Å². The van der Waals surface area contributed by atoms with Gasteiger partial charge in [0.05, 0.1) is 32.2 Å². The number of rotatable bonds is 5. The van der Waals surface area contributed by atoms with Crippen LogP contribution in [0.1, 0.15) is 19.4 Å². The van der Waals surface area contributed by atoms with Gasteiger partial charge >= 0.3 is 0 Å². The summed E-state index contributed by atoms with van der Waals surface area (Å²) in [5, 5.41) is 3.84. The van der Waals surface area contributed by atoms with Gasteiger partial charge in [0.25, 0.3) is 5.91 Å². The van der Waals surface area contributed by atoms with E-state index in [0.29, 0.717) is 24.7 Å². The van der Waals surface area contributed by atoms with Gasteiger partial charge in [-0.2, -0.15) is 9.41 Å². The van der Waals surface area contributed by atoms with E-state index in [4.69, 9.17) is 9.47 Å². The van der Waals surface area contributed by atoms with Crippen molar-refractivity contribution in [2.45, 2.75) is 13.8 Å². The Kier molecular flexibility index (Phi) is 5.69. The Balaban J connectivity index is 1.96. The molecule has 1 aliphatic rings. The number of likely N-dealkylation sites (N-methyl/N-ethyl adjacent to an activating group) is 1. The zero-order chi connectivity index (χ0) is 18.7. The van der Waals surface area contributed by atoms with Gasteiger partial charge in [-0.15, -0.1) is 0 Å². The van der Waals surface area contributed by atoms with Crippen LogP contribution in [0.25, 0.3) is 0 Å². The van der Waals surface area contributed by atoms with E-state index >= 15 is 0 Å². The summed E-state index contributed by atoms with van der Waals surface area (Å²) in [5.74, 6) is 0.763. The maximum Gasteiger partial charge on any atom is 0.255 e. The minimum atomic E-state index is -3.41. The first-order valence-corrected chi connectivity index (χ1v) is 9.54. The molecule has 0 fully saturated rings. The smallest absolute Gasteiger partial charge is 0.255 e. The number of benzene rings is 1. The van der Waals surface area contributed by atoms with Crippen molar-refractivity contribution >= 4 is 22.1 Å². The molecule has 9 heteroatoms. The van der Waals surface area contributed by atoms with Crippen LogP contribution in [0.15, 0.2) is 23.3 Å². The molecule has 0 saturated carbocycles. The minimum Gasteiger partial charge on any atom is -0.489 e. The summed E-state index contributed by atoms with van der Waals surface area (Å²) in [4.78, 5) is 11.7. The molecule has 1 N–H and O–H groups in total. The topological polar surface area (TPSA) is 97.3 Å². The molecule has 8 nitrogen and oxygen atoms in total. The van der Waals surface area contributed by atoms with Crippen molar-refractivity contribution in [2.24, 2.45) is 10.5 Å². The number of ether oxygens (including phenoxy) is 2. The van der Waals surface area contributed by atoms with Crippen LogP contribution >= 0.6 is 0 Å². The SMILES string of the molecule is CN(CC(=O)N/N=C\c1ccc2c(c1)OCC(C)(C)CO2)S(C)(=O)=O. The molecule has 0 aromatic heterocycles. The first-order chi connectivity index (χ1) is 11.6. The number of nitrogens with one attached hydrogen (secondary N) is 1. The van der Waals surface area contributed by atoms with E-state index in [0.717, 1.165) is 16.1 Å². The van der Waals surface area contributed by atoms with Crippen molar-refractivity contribution in [1.29, 1.82) is 0 Å². The van der Waals surface area contributed by atoms with Gasteiger partial charge in [-0.1, -0.05) is 13.8 Å². The van der Waals surface area contributed by atoms with E-state index < -0.39 is 15.9 Å². The Morgan fingerprint density at radius 1 is 1.32 bits per heavy atom. The third kappa shape index (κ3) is 5.71. The van der Waals surface area contributed by atoms with Crippen molar-refractivity contribution in [3.05, 3.63) is 23.8 Å². The molecule has 1 aromatic rings. The van der Waals surface area contributed by atoms with Crippen LogP contribution in [0.4, 0.5) is 0 Å². The molecule has 1 aromatic carbocycles. The number of amides is 1. The summed E-state index contributed by atoms with van der Waals surface area (Å²) < 4.78 is 35.0. The normalized spacial score (nSPS) is 16.7. The number of hydrogen-bond donors (Lipinski definition) is 1. The highest BCUT2D eigenvalue weighted by Gasteiger charge is 2.25. The molecule has 0 unspecified atom stereocenters. The van der Waals surface area contributed by atoms with Crippen molar-refractivity contribution < 1.29 is 22.7 Å². The quantitative estimate of drug-likeness (QED) is 0.612. The average Bonchev–Trinajstić information content (AvgIpc) is 2.65. The molecule has 0 radical (unpaired) electrons. The number of sulfonamides is 1. The van der Waals surface area contributed by atoms with Crippen molar-refractivity contribution in [2.75, 3.05) is 33.1 Å². The summed E-state index contributed by atoms with van der Waals surface area (Å²) >= 11 is 0. The van der Waals surface area contributed by atoms with E-state index in [1.165, 1.54) is 13.3 Å². The van der Waals surface area contributed by atoms with Gasteiger partial charge in [0, 0.05) is 12.5 Å². The van der Waals surface area contributed by atoms with Gasteiger partial charge in [-0.25, -0.2) is 13.8 Å². The lowest BCUT2D eigenvalue weighted by Crippen LogP contribution is -2.36. The number of carbonyl (C=O) groups is 1. The van der Waals surface area contributed by atoms with Crippen LogP contribution in [0.5, 0.6) is 11.5 Å². The molecule has 0 saturated heterocycles. The highest BCUT2D eigenvalue weighted by molar-refractivity contribution is 7.88. The highest BCUT2D eigenvalue weighted by Crippen LogP contribution is 2.33. The van der Waals surface area contributed by atoms with Crippen molar-refractivity contribution in [3.63, 3.8) is 0 Å². The zero-order valence-electron chi connectivity index (χ0n) is 14.8. The summed E-state index contributed by atoms with van der Waals surface area (Å²) in [6.45, 7) is 4.92. The summed E-state index contributed by atoms with van der Waals surface area (Å²) in [5.41, 5.74) is 2.94. The van der Waals surface area contributed by atoms with E-state index in [1.807, 2.05) is 0 Å². The first kappa shape index (κ1) is 19.2. The van der Waals surface area contributed by atoms with E-state index in [-0.39, 0.29) is 12.0 Å². The predicted molar refractivity (Wildman–Crippen MR) is 94.4 cm³/mol. The molecule has 1 heterocycles. The standard InChI is InChI=1S/C16H23N3O5S/c1-16(2)10-23-13-6-5-12(7-14(13)24-11-16)8-17-18-15(20)9-19(3)25(4,21)22/h5-8H,9-11H2,1-4H3,(H,18,20)/b17-8-. The summed E-state index contributed by atoms with van der Waals surface area (Å²) in [6.07, 6.45) is 2.49. The molecule has 1 amide bonds. The molecule has 0 spiro atoms. The lowest BCUT2D eigenvalue weighted by molar-refractivity contribution is -0.121. The van der Waals surface area contributed by atoms with Gasteiger partial charge in [-0.3, -0.25) is 4.79 Å². The lowest BCUT2D eigenvalue weighted by atomic mass is 9.97. The second-order valence-electron chi connectivity index (χ2n) is 6.76. The minimum absolute atomic E-state index is 0.0765. The molecule has 25 heavy (non-hydrogen) atoms. The third-order valence-electron chi connectivity index (χ3n) is 3.54. The Hall–Kier alpha value is -2.13.